The topological polar surface area (TPSA) is 0 Å². The number of hydrogen-bond acceptors (Lipinski definition) is 0. The van der Waals surface area contributed by atoms with E-state index in [1.165, 1.54) is 6.08 Å². The summed E-state index contributed by atoms with van der Waals surface area (Å²) >= 11 is 5.63. The fraction of sp³-hybridized carbons (Fsp3) is 0. The fourth-order valence-electron chi connectivity index (χ4n) is 0.747. The highest BCUT2D eigenvalue weighted by molar-refractivity contribution is 6.30. The van der Waals surface area contributed by atoms with Crippen molar-refractivity contribution in [2.24, 2.45) is 0 Å². The van der Waals surface area contributed by atoms with Gasteiger partial charge in [-0.1, -0.05) is 23.7 Å². The molecule has 0 saturated carbocycles. The maximum absolute atomic E-state index is 12.5. The predicted molar refractivity (Wildman–Crippen MR) is 49.4 cm³/mol. The highest BCUT2D eigenvalue weighted by Crippen LogP contribution is 2.12. The molecular weight excluding hydrogens is 175 g/mol. The first kappa shape index (κ1) is 8.83. The number of terminal acetylenes is 1. The zero-order chi connectivity index (χ0) is 8.97. The molecule has 0 aliphatic heterocycles. The van der Waals surface area contributed by atoms with E-state index in [1.807, 2.05) is 5.92 Å². The average Bonchev–Trinajstić information content (AvgIpc) is 2.09. The minimum absolute atomic E-state index is 0.586. The summed E-state index contributed by atoms with van der Waals surface area (Å²) in [6, 6.07) is 6.74. The summed E-state index contributed by atoms with van der Waals surface area (Å²) in [4.78, 5) is 0. The third kappa shape index (κ3) is 2.41. The summed E-state index contributed by atoms with van der Waals surface area (Å²) in [6.45, 7) is 0. The van der Waals surface area contributed by atoms with E-state index in [0.717, 1.165) is 0 Å². The summed E-state index contributed by atoms with van der Waals surface area (Å²) in [5, 5.41) is 0.619. The van der Waals surface area contributed by atoms with E-state index in [9.17, 15) is 4.39 Å². The van der Waals surface area contributed by atoms with Gasteiger partial charge in [0.25, 0.3) is 0 Å². The van der Waals surface area contributed by atoms with Crippen LogP contribution in [0.25, 0.3) is 6.08 Å². The molecule has 2 heteroatoms. The molecule has 0 atom stereocenters. The Labute approximate surface area is 75.7 Å². The first-order valence-corrected chi connectivity index (χ1v) is 3.69. The van der Waals surface area contributed by atoms with Crippen LogP contribution < -0.4 is 0 Å². The molecular formula is C10H6ClF. The molecule has 0 aliphatic carbocycles. The molecule has 1 aromatic rings. The van der Waals surface area contributed by atoms with Crippen LogP contribution in [0.3, 0.4) is 0 Å². The van der Waals surface area contributed by atoms with Crippen molar-refractivity contribution in [2.45, 2.75) is 0 Å². The van der Waals surface area contributed by atoms with E-state index in [4.69, 9.17) is 18.0 Å². The van der Waals surface area contributed by atoms with Crippen molar-refractivity contribution in [1.29, 1.82) is 0 Å². The van der Waals surface area contributed by atoms with E-state index in [0.29, 0.717) is 10.6 Å². The van der Waals surface area contributed by atoms with E-state index in [-0.39, 0.29) is 0 Å². The third-order valence-electron chi connectivity index (χ3n) is 1.30. The largest absolute Gasteiger partial charge is 0.197 e. The van der Waals surface area contributed by atoms with Crippen LogP contribution in [0.15, 0.2) is 30.1 Å². The second-order valence-corrected chi connectivity index (χ2v) is 2.62. The van der Waals surface area contributed by atoms with Gasteiger partial charge in [-0.2, -0.15) is 4.39 Å². The Morgan fingerprint density at radius 3 is 2.50 bits per heavy atom. The molecule has 0 bridgehead atoms. The van der Waals surface area contributed by atoms with E-state index < -0.39 is 5.83 Å². The lowest BCUT2D eigenvalue weighted by Crippen LogP contribution is -1.72. The smallest absolute Gasteiger partial charge is 0.173 e. The van der Waals surface area contributed by atoms with Gasteiger partial charge < -0.3 is 0 Å². The number of halogens is 2. The summed E-state index contributed by atoms with van der Waals surface area (Å²) in [7, 11) is 0. The molecule has 0 aromatic heterocycles. The van der Waals surface area contributed by atoms with Crippen LogP contribution in [0.5, 0.6) is 0 Å². The Balaban J connectivity index is 2.93. The molecule has 0 nitrogen and oxygen atoms in total. The first-order valence-electron chi connectivity index (χ1n) is 3.32. The number of allylic oxidation sites excluding steroid dienone is 1. The van der Waals surface area contributed by atoms with Crippen LogP contribution >= 0.6 is 11.6 Å². The zero-order valence-corrected chi connectivity index (χ0v) is 6.98. The molecule has 0 fully saturated rings. The molecule has 0 aliphatic rings. The molecule has 1 rings (SSSR count). The van der Waals surface area contributed by atoms with Crippen molar-refractivity contribution in [3.63, 3.8) is 0 Å². The standard InChI is InChI=1S/C10H6ClF/c1-2-10(12)7-8-3-5-9(11)6-4-8/h1,3-7H/b10-7-. The normalized spacial score (nSPS) is 10.9. The molecule has 12 heavy (non-hydrogen) atoms. The Morgan fingerprint density at radius 2 is 2.00 bits per heavy atom. The van der Waals surface area contributed by atoms with Gasteiger partial charge in [-0.3, -0.25) is 0 Å². The zero-order valence-electron chi connectivity index (χ0n) is 6.22. The van der Waals surface area contributed by atoms with Crippen LogP contribution in [0.2, 0.25) is 5.02 Å². The summed E-state index contributed by atoms with van der Waals surface area (Å²) < 4.78 is 12.5. The SMILES string of the molecule is C#C/C(F)=C/c1ccc(Cl)cc1. The Bertz CT molecular complexity index is 330. The van der Waals surface area contributed by atoms with Crippen molar-refractivity contribution < 1.29 is 4.39 Å². The molecule has 0 amide bonds. The molecule has 0 unspecified atom stereocenters. The van der Waals surface area contributed by atoms with Gasteiger partial charge in [0, 0.05) is 5.02 Å². The average molecular weight is 181 g/mol. The van der Waals surface area contributed by atoms with E-state index in [2.05, 4.69) is 0 Å². The maximum Gasteiger partial charge on any atom is 0.173 e. The number of hydrogen-bond donors (Lipinski definition) is 0. The Hall–Kier alpha value is -1.26. The van der Waals surface area contributed by atoms with Gasteiger partial charge >= 0.3 is 0 Å². The van der Waals surface area contributed by atoms with Gasteiger partial charge in [-0.05, 0) is 29.7 Å². The highest BCUT2D eigenvalue weighted by atomic mass is 35.5. The fourth-order valence-corrected chi connectivity index (χ4v) is 0.873. The summed E-state index contributed by atoms with van der Waals surface area (Å²) in [5.74, 6) is 1.30. The second kappa shape index (κ2) is 3.94. The minimum Gasteiger partial charge on any atom is -0.197 e. The number of benzene rings is 1. The summed E-state index contributed by atoms with van der Waals surface area (Å²) in [6.07, 6.45) is 6.10. The van der Waals surface area contributed by atoms with Crippen molar-refractivity contribution in [3.8, 4) is 12.3 Å². The molecule has 0 saturated heterocycles. The number of rotatable bonds is 1. The predicted octanol–water partition coefficient (Wildman–Crippen LogP) is 3.28. The first-order chi connectivity index (χ1) is 5.72. The third-order valence-corrected chi connectivity index (χ3v) is 1.55. The van der Waals surface area contributed by atoms with Crippen LogP contribution in [0.1, 0.15) is 5.56 Å². The van der Waals surface area contributed by atoms with Crippen molar-refractivity contribution in [2.75, 3.05) is 0 Å². The quantitative estimate of drug-likeness (QED) is 0.582. The van der Waals surface area contributed by atoms with Crippen molar-refractivity contribution >= 4 is 17.7 Å². The van der Waals surface area contributed by atoms with Gasteiger partial charge in [-0.15, -0.1) is 6.42 Å². The molecule has 0 radical (unpaired) electrons. The van der Waals surface area contributed by atoms with Gasteiger partial charge in [0.15, 0.2) is 5.83 Å². The highest BCUT2D eigenvalue weighted by Gasteiger charge is 1.90. The molecule has 0 spiro atoms. The molecule has 60 valence electrons. The van der Waals surface area contributed by atoms with Crippen LogP contribution in [0, 0.1) is 12.3 Å². The molecule has 0 N–H and O–H groups in total. The van der Waals surface area contributed by atoms with Crippen LogP contribution in [-0.2, 0) is 0 Å². The van der Waals surface area contributed by atoms with Gasteiger partial charge in [-0.25, -0.2) is 0 Å². The lowest BCUT2D eigenvalue weighted by Gasteiger charge is -1.92. The second-order valence-electron chi connectivity index (χ2n) is 2.19. The van der Waals surface area contributed by atoms with Gasteiger partial charge in [0.2, 0.25) is 0 Å². The van der Waals surface area contributed by atoms with Gasteiger partial charge in [0.1, 0.15) is 0 Å². The maximum atomic E-state index is 12.5. The van der Waals surface area contributed by atoms with Crippen molar-refractivity contribution in [1.82, 2.24) is 0 Å². The van der Waals surface area contributed by atoms with Crippen molar-refractivity contribution in [3.05, 3.63) is 40.7 Å². The monoisotopic (exact) mass is 180 g/mol. The van der Waals surface area contributed by atoms with Crippen LogP contribution in [0.4, 0.5) is 4.39 Å². The lowest BCUT2D eigenvalue weighted by atomic mass is 10.2. The van der Waals surface area contributed by atoms with Crippen LogP contribution in [-0.4, -0.2) is 0 Å². The minimum atomic E-state index is -0.586. The van der Waals surface area contributed by atoms with E-state index in [1.54, 1.807) is 24.3 Å². The molecule has 1 aromatic carbocycles. The van der Waals surface area contributed by atoms with E-state index >= 15 is 0 Å². The Morgan fingerprint density at radius 1 is 1.42 bits per heavy atom. The Kier molecular flexibility index (Phi) is 2.90. The van der Waals surface area contributed by atoms with Gasteiger partial charge in [0.05, 0.1) is 0 Å². The summed E-state index contributed by atoms with van der Waals surface area (Å²) in [5.41, 5.74) is 0.704. The molecule has 0 heterocycles. The lowest BCUT2D eigenvalue weighted by molar-refractivity contribution is 0.683.